The van der Waals surface area contributed by atoms with E-state index in [9.17, 15) is 9.59 Å². The monoisotopic (exact) mass is 369 g/mol. The average molecular weight is 369 g/mol. The second kappa shape index (κ2) is 5.77. The third kappa shape index (κ3) is 2.41. The Bertz CT molecular complexity index is 938. The van der Waals surface area contributed by atoms with Gasteiger partial charge in [-0.25, -0.2) is 4.79 Å². The Morgan fingerprint density at radius 2 is 2.08 bits per heavy atom. The van der Waals surface area contributed by atoms with Crippen LogP contribution in [0, 0.1) is 0 Å². The summed E-state index contributed by atoms with van der Waals surface area (Å²) in [7, 11) is 0. The van der Waals surface area contributed by atoms with Crippen molar-refractivity contribution in [1.29, 1.82) is 0 Å². The number of nitrogens with zero attached hydrogens (tertiary/aromatic N) is 1. The molecule has 2 N–H and O–H groups in total. The van der Waals surface area contributed by atoms with Crippen LogP contribution in [0.4, 0.5) is 4.79 Å². The molecular formula is C18H15N3O4S. The number of rotatable bonds is 3. The molecule has 0 spiro atoms. The second-order valence-corrected chi connectivity index (χ2v) is 7.31. The number of carbonyl (C=O) groups excluding carboxylic acids is 2. The van der Waals surface area contributed by atoms with Gasteiger partial charge in [-0.3, -0.25) is 4.79 Å². The minimum Gasteiger partial charge on any atom is -0.454 e. The van der Waals surface area contributed by atoms with Crippen molar-refractivity contribution < 1.29 is 19.1 Å². The van der Waals surface area contributed by atoms with Crippen molar-refractivity contribution in [2.75, 3.05) is 13.3 Å². The molecule has 4 heterocycles. The number of nitrogens with one attached hydrogen (secondary N) is 2. The van der Waals surface area contributed by atoms with E-state index in [1.807, 2.05) is 29.6 Å². The van der Waals surface area contributed by atoms with Gasteiger partial charge in [-0.05, 0) is 29.1 Å². The fraction of sp³-hybridized carbons (Fsp3) is 0.222. The van der Waals surface area contributed by atoms with Crippen LogP contribution in [0.3, 0.4) is 0 Å². The number of hydrogen-bond acceptors (Lipinski definition) is 5. The Balaban J connectivity index is 1.47. The van der Waals surface area contributed by atoms with Crippen molar-refractivity contribution >= 4 is 23.3 Å². The van der Waals surface area contributed by atoms with Crippen LogP contribution in [-0.2, 0) is 11.3 Å². The van der Waals surface area contributed by atoms with Crippen LogP contribution in [0.2, 0.25) is 0 Å². The Morgan fingerprint density at radius 1 is 1.19 bits per heavy atom. The summed E-state index contributed by atoms with van der Waals surface area (Å²) in [5.41, 5.74) is 2.04. The van der Waals surface area contributed by atoms with Gasteiger partial charge in [0, 0.05) is 4.88 Å². The summed E-state index contributed by atoms with van der Waals surface area (Å²) < 4.78 is 10.8. The van der Waals surface area contributed by atoms with Crippen molar-refractivity contribution in [3.8, 4) is 11.5 Å². The highest BCUT2D eigenvalue weighted by atomic mass is 32.1. The number of ether oxygens (including phenoxy) is 2. The molecule has 3 aliphatic rings. The molecule has 0 saturated heterocycles. The molecule has 0 bridgehead atoms. The standard InChI is InChI=1S/C18H15N3O4S/c22-17-15-12(8-21(17)7-11-2-1-5-26-11)19-18(23)20-16(15)10-3-4-13-14(6-10)25-9-24-13/h1-6,16H,7-9H2,(H2,19,20,23)/t16-/m1/s1. The molecule has 0 unspecified atom stereocenters. The highest BCUT2D eigenvalue weighted by Crippen LogP contribution is 2.38. The van der Waals surface area contributed by atoms with Gasteiger partial charge in [0.1, 0.15) is 0 Å². The van der Waals surface area contributed by atoms with Gasteiger partial charge in [0.2, 0.25) is 6.79 Å². The fourth-order valence-electron chi connectivity index (χ4n) is 3.49. The summed E-state index contributed by atoms with van der Waals surface area (Å²) in [6.07, 6.45) is 0. The molecule has 1 atom stereocenters. The number of amides is 3. The number of thiophene rings is 1. The zero-order valence-electron chi connectivity index (χ0n) is 13.7. The molecule has 3 aliphatic heterocycles. The molecule has 0 fully saturated rings. The van der Waals surface area contributed by atoms with E-state index in [2.05, 4.69) is 10.6 Å². The summed E-state index contributed by atoms with van der Waals surface area (Å²) in [6, 6.07) is 8.62. The third-order valence-electron chi connectivity index (χ3n) is 4.68. The SMILES string of the molecule is O=C1NC2=C(C(=O)N(Cc3cccs3)C2)[C@@H](c2ccc3c(c2)OCO3)N1. The van der Waals surface area contributed by atoms with Gasteiger partial charge in [0.25, 0.3) is 5.91 Å². The smallest absolute Gasteiger partial charge is 0.319 e. The fourth-order valence-corrected chi connectivity index (χ4v) is 4.21. The van der Waals surface area contributed by atoms with Crippen LogP contribution in [0.5, 0.6) is 11.5 Å². The lowest BCUT2D eigenvalue weighted by Gasteiger charge is -2.25. The highest BCUT2D eigenvalue weighted by molar-refractivity contribution is 7.09. The minimum atomic E-state index is -0.505. The van der Waals surface area contributed by atoms with Gasteiger partial charge in [-0.2, -0.15) is 0 Å². The summed E-state index contributed by atoms with van der Waals surface area (Å²) in [5.74, 6) is 1.22. The minimum absolute atomic E-state index is 0.0661. The maximum absolute atomic E-state index is 13.0. The third-order valence-corrected chi connectivity index (χ3v) is 5.54. The van der Waals surface area contributed by atoms with E-state index in [0.717, 1.165) is 10.4 Å². The lowest BCUT2D eigenvalue weighted by molar-refractivity contribution is -0.126. The van der Waals surface area contributed by atoms with Crippen LogP contribution in [0.1, 0.15) is 16.5 Å². The zero-order valence-corrected chi connectivity index (χ0v) is 14.5. The topological polar surface area (TPSA) is 79.9 Å². The average Bonchev–Trinajstić information content (AvgIpc) is 3.35. The van der Waals surface area contributed by atoms with Crippen LogP contribution < -0.4 is 20.1 Å². The van der Waals surface area contributed by atoms with Crippen LogP contribution in [0.25, 0.3) is 0 Å². The highest BCUT2D eigenvalue weighted by Gasteiger charge is 2.40. The Kier molecular flexibility index (Phi) is 3.39. The maximum Gasteiger partial charge on any atom is 0.319 e. The molecule has 2 aromatic rings. The lowest BCUT2D eigenvalue weighted by atomic mass is 9.96. The van der Waals surface area contributed by atoms with Gasteiger partial charge in [0.05, 0.1) is 30.4 Å². The number of fused-ring (bicyclic) bond motifs is 1. The molecule has 0 aliphatic carbocycles. The predicted molar refractivity (Wildman–Crippen MR) is 93.7 cm³/mol. The van der Waals surface area contributed by atoms with Gasteiger partial charge >= 0.3 is 6.03 Å². The number of benzene rings is 1. The summed E-state index contributed by atoms with van der Waals surface area (Å²) in [5, 5.41) is 7.63. The molecule has 1 aromatic carbocycles. The van der Waals surface area contributed by atoms with Crippen LogP contribution in [0.15, 0.2) is 47.0 Å². The summed E-state index contributed by atoms with van der Waals surface area (Å²) in [4.78, 5) is 28.0. The normalized spacial score (nSPS) is 20.9. The van der Waals surface area contributed by atoms with E-state index >= 15 is 0 Å². The summed E-state index contributed by atoms with van der Waals surface area (Å²) in [6.45, 7) is 1.12. The van der Waals surface area contributed by atoms with E-state index in [4.69, 9.17) is 9.47 Å². The van der Waals surface area contributed by atoms with Gasteiger partial charge in [-0.1, -0.05) is 12.1 Å². The Hall–Kier alpha value is -3.00. The van der Waals surface area contributed by atoms with Crippen molar-refractivity contribution in [3.05, 3.63) is 57.4 Å². The molecular weight excluding hydrogens is 354 g/mol. The first kappa shape index (κ1) is 15.3. The molecule has 8 heteroatoms. The van der Waals surface area contributed by atoms with Gasteiger partial charge < -0.3 is 25.0 Å². The molecule has 0 radical (unpaired) electrons. The zero-order chi connectivity index (χ0) is 17.7. The van der Waals surface area contributed by atoms with Crippen molar-refractivity contribution in [2.45, 2.75) is 12.6 Å². The first-order chi connectivity index (χ1) is 12.7. The summed E-state index contributed by atoms with van der Waals surface area (Å²) >= 11 is 1.61. The molecule has 132 valence electrons. The van der Waals surface area contributed by atoms with E-state index in [-0.39, 0.29) is 18.7 Å². The van der Waals surface area contributed by atoms with E-state index < -0.39 is 6.04 Å². The van der Waals surface area contributed by atoms with E-state index in [0.29, 0.717) is 35.9 Å². The van der Waals surface area contributed by atoms with Gasteiger partial charge in [0.15, 0.2) is 11.5 Å². The van der Waals surface area contributed by atoms with Crippen LogP contribution in [-0.4, -0.2) is 30.2 Å². The molecule has 0 saturated carbocycles. The number of urea groups is 1. The molecule has 26 heavy (non-hydrogen) atoms. The predicted octanol–water partition coefficient (Wildman–Crippen LogP) is 2.13. The van der Waals surface area contributed by atoms with E-state index in [1.54, 1.807) is 22.3 Å². The quantitative estimate of drug-likeness (QED) is 0.869. The molecule has 7 nitrogen and oxygen atoms in total. The second-order valence-electron chi connectivity index (χ2n) is 6.28. The van der Waals surface area contributed by atoms with Crippen LogP contribution >= 0.6 is 11.3 Å². The molecule has 1 aromatic heterocycles. The Labute approximate surface area is 153 Å². The number of hydrogen-bond donors (Lipinski definition) is 2. The molecule has 3 amide bonds. The van der Waals surface area contributed by atoms with Crippen molar-refractivity contribution in [2.24, 2.45) is 0 Å². The first-order valence-electron chi connectivity index (χ1n) is 8.21. The maximum atomic E-state index is 13.0. The molecule has 5 rings (SSSR count). The first-order valence-corrected chi connectivity index (χ1v) is 9.09. The van der Waals surface area contributed by atoms with Gasteiger partial charge in [-0.15, -0.1) is 11.3 Å². The number of carbonyl (C=O) groups is 2. The van der Waals surface area contributed by atoms with Crippen molar-refractivity contribution in [1.82, 2.24) is 15.5 Å². The van der Waals surface area contributed by atoms with Crippen molar-refractivity contribution in [3.63, 3.8) is 0 Å². The Morgan fingerprint density at radius 3 is 2.92 bits per heavy atom. The largest absolute Gasteiger partial charge is 0.454 e. The lowest BCUT2D eigenvalue weighted by Crippen LogP contribution is -2.44. The van der Waals surface area contributed by atoms with E-state index in [1.165, 1.54) is 0 Å².